The van der Waals surface area contributed by atoms with Crippen molar-refractivity contribution in [3.8, 4) is 5.75 Å². The molecular weight excluding hydrogens is 279 g/mol. The van der Waals surface area contributed by atoms with E-state index in [1.807, 2.05) is 0 Å². The van der Waals surface area contributed by atoms with Gasteiger partial charge in [-0.05, 0) is 31.2 Å². The molecule has 0 saturated carbocycles. The number of rotatable bonds is 4. The summed E-state index contributed by atoms with van der Waals surface area (Å²) in [6, 6.07) is 2.83. The minimum Gasteiger partial charge on any atom is -0.406 e. The van der Waals surface area contributed by atoms with Crippen molar-refractivity contribution in [3.05, 3.63) is 24.3 Å². The highest BCUT2D eigenvalue weighted by atomic mass is 19.4. The van der Waals surface area contributed by atoms with Crippen LogP contribution in [0.1, 0.15) is 6.92 Å². The molecule has 110 valence electrons. The number of hydrogen-bond acceptors (Lipinski definition) is 3. The summed E-state index contributed by atoms with van der Waals surface area (Å²) in [7, 11) is 0. The molecule has 0 aliphatic carbocycles. The van der Waals surface area contributed by atoms with Crippen molar-refractivity contribution in [2.75, 3.05) is 5.32 Å². The second kappa shape index (κ2) is 6.13. The zero-order chi connectivity index (χ0) is 15.3. The van der Waals surface area contributed by atoms with Crippen LogP contribution >= 0.6 is 0 Å². The van der Waals surface area contributed by atoms with Crippen molar-refractivity contribution in [2.45, 2.75) is 19.3 Å². The number of amides is 3. The zero-order valence-electron chi connectivity index (χ0n) is 10.3. The Morgan fingerprint density at radius 3 is 2.25 bits per heavy atom. The van der Waals surface area contributed by atoms with Crippen LogP contribution in [0.4, 0.5) is 23.7 Å². The summed E-state index contributed by atoms with van der Waals surface area (Å²) in [4.78, 5) is 22.1. The standard InChI is InChI=1S/C11H12F3N3O3/c1-6(16-10(15)19)9(18)17-7-2-4-8(5-3-7)20-11(12,13)14/h2-6H,1H3,(H,17,18)(H3,15,16,19). The number of carbonyl (C=O) groups excluding carboxylic acids is 2. The lowest BCUT2D eigenvalue weighted by molar-refractivity contribution is -0.274. The van der Waals surface area contributed by atoms with Gasteiger partial charge < -0.3 is 21.1 Å². The van der Waals surface area contributed by atoms with E-state index in [1.54, 1.807) is 0 Å². The van der Waals surface area contributed by atoms with Crippen LogP contribution < -0.4 is 21.1 Å². The van der Waals surface area contributed by atoms with Gasteiger partial charge in [0.1, 0.15) is 11.8 Å². The molecule has 20 heavy (non-hydrogen) atoms. The number of benzene rings is 1. The molecule has 1 atom stereocenters. The van der Waals surface area contributed by atoms with E-state index < -0.39 is 30.1 Å². The summed E-state index contributed by atoms with van der Waals surface area (Å²) < 4.78 is 39.5. The molecule has 0 fully saturated rings. The molecule has 1 rings (SSSR count). The SMILES string of the molecule is CC(NC(N)=O)C(=O)Nc1ccc(OC(F)(F)F)cc1. The van der Waals surface area contributed by atoms with Crippen molar-refractivity contribution in [2.24, 2.45) is 5.73 Å². The molecule has 0 aromatic heterocycles. The number of urea groups is 1. The molecule has 1 aromatic rings. The third kappa shape index (κ3) is 5.46. The minimum atomic E-state index is -4.77. The fourth-order valence-electron chi connectivity index (χ4n) is 1.27. The molecule has 0 saturated heterocycles. The first-order valence-electron chi connectivity index (χ1n) is 5.40. The molecule has 3 amide bonds. The fraction of sp³-hybridized carbons (Fsp3) is 0.273. The van der Waals surface area contributed by atoms with Crippen molar-refractivity contribution >= 4 is 17.6 Å². The Labute approximate surface area is 112 Å². The van der Waals surface area contributed by atoms with E-state index in [0.717, 1.165) is 12.1 Å². The van der Waals surface area contributed by atoms with E-state index in [4.69, 9.17) is 5.73 Å². The van der Waals surface area contributed by atoms with Crippen molar-refractivity contribution in [1.29, 1.82) is 0 Å². The highest BCUT2D eigenvalue weighted by Crippen LogP contribution is 2.23. The molecule has 1 unspecified atom stereocenters. The van der Waals surface area contributed by atoms with Gasteiger partial charge >= 0.3 is 12.4 Å². The number of anilines is 1. The maximum Gasteiger partial charge on any atom is 0.573 e. The van der Waals surface area contributed by atoms with E-state index in [-0.39, 0.29) is 5.69 Å². The topological polar surface area (TPSA) is 93.5 Å². The highest BCUT2D eigenvalue weighted by Gasteiger charge is 2.30. The molecule has 0 spiro atoms. The maximum atomic E-state index is 11.9. The molecular formula is C11H12F3N3O3. The van der Waals surface area contributed by atoms with Gasteiger partial charge in [0.15, 0.2) is 0 Å². The average molecular weight is 291 g/mol. The number of primary amides is 1. The fourth-order valence-corrected chi connectivity index (χ4v) is 1.27. The van der Waals surface area contributed by atoms with E-state index >= 15 is 0 Å². The number of nitrogens with one attached hydrogen (secondary N) is 2. The lowest BCUT2D eigenvalue weighted by Gasteiger charge is -2.13. The van der Waals surface area contributed by atoms with Crippen LogP contribution in [-0.4, -0.2) is 24.3 Å². The van der Waals surface area contributed by atoms with Gasteiger partial charge in [0, 0.05) is 5.69 Å². The summed E-state index contributed by atoms with van der Waals surface area (Å²) in [5, 5.41) is 4.55. The summed E-state index contributed by atoms with van der Waals surface area (Å²) in [6.07, 6.45) is -4.77. The molecule has 0 aliphatic rings. The molecule has 4 N–H and O–H groups in total. The lowest BCUT2D eigenvalue weighted by Crippen LogP contribution is -2.44. The Morgan fingerprint density at radius 2 is 1.80 bits per heavy atom. The van der Waals surface area contributed by atoms with E-state index in [2.05, 4.69) is 15.4 Å². The zero-order valence-corrected chi connectivity index (χ0v) is 10.3. The van der Waals surface area contributed by atoms with Gasteiger partial charge in [-0.2, -0.15) is 0 Å². The Hall–Kier alpha value is -2.45. The number of halogens is 3. The van der Waals surface area contributed by atoms with Crippen LogP contribution in [0.3, 0.4) is 0 Å². The van der Waals surface area contributed by atoms with Gasteiger partial charge in [0.2, 0.25) is 5.91 Å². The van der Waals surface area contributed by atoms with Gasteiger partial charge in [-0.3, -0.25) is 4.79 Å². The number of alkyl halides is 3. The molecule has 0 heterocycles. The Kier molecular flexibility index (Phi) is 4.78. The largest absolute Gasteiger partial charge is 0.573 e. The van der Waals surface area contributed by atoms with E-state index in [1.165, 1.54) is 19.1 Å². The van der Waals surface area contributed by atoms with Crippen molar-refractivity contribution in [1.82, 2.24) is 5.32 Å². The number of ether oxygens (including phenoxy) is 1. The van der Waals surface area contributed by atoms with Crippen molar-refractivity contribution < 1.29 is 27.5 Å². The van der Waals surface area contributed by atoms with Crippen LogP contribution in [0.15, 0.2) is 24.3 Å². The van der Waals surface area contributed by atoms with Gasteiger partial charge in [0.25, 0.3) is 0 Å². The molecule has 1 aromatic carbocycles. The van der Waals surface area contributed by atoms with Crippen LogP contribution in [0.5, 0.6) is 5.75 Å². The second-order valence-corrected chi connectivity index (χ2v) is 3.79. The summed E-state index contributed by atoms with van der Waals surface area (Å²) in [6.45, 7) is 1.40. The lowest BCUT2D eigenvalue weighted by atomic mass is 10.2. The van der Waals surface area contributed by atoms with Crippen LogP contribution in [0, 0.1) is 0 Å². The average Bonchev–Trinajstić information content (AvgIpc) is 2.28. The monoisotopic (exact) mass is 291 g/mol. The summed E-state index contributed by atoms with van der Waals surface area (Å²) in [5.41, 5.74) is 5.10. The van der Waals surface area contributed by atoms with Crippen molar-refractivity contribution in [3.63, 3.8) is 0 Å². The van der Waals surface area contributed by atoms with Crippen LogP contribution in [-0.2, 0) is 4.79 Å². The Balaban J connectivity index is 2.61. The molecule has 6 nitrogen and oxygen atoms in total. The number of nitrogens with two attached hydrogens (primary N) is 1. The van der Waals surface area contributed by atoms with Gasteiger partial charge in [0.05, 0.1) is 0 Å². The summed E-state index contributed by atoms with van der Waals surface area (Å²) >= 11 is 0. The van der Waals surface area contributed by atoms with Crippen LogP contribution in [0.2, 0.25) is 0 Å². The Bertz CT molecular complexity index is 488. The summed E-state index contributed by atoms with van der Waals surface area (Å²) in [5.74, 6) is -0.966. The van der Waals surface area contributed by atoms with Gasteiger partial charge in [-0.15, -0.1) is 13.2 Å². The second-order valence-electron chi connectivity index (χ2n) is 3.79. The first-order chi connectivity index (χ1) is 9.17. The predicted octanol–water partition coefficient (Wildman–Crippen LogP) is 1.58. The smallest absolute Gasteiger partial charge is 0.406 e. The quantitative estimate of drug-likeness (QED) is 0.786. The van der Waals surface area contributed by atoms with Gasteiger partial charge in [-0.1, -0.05) is 0 Å². The normalized spacial score (nSPS) is 12.4. The molecule has 0 bridgehead atoms. The number of hydrogen-bond donors (Lipinski definition) is 3. The van der Waals surface area contributed by atoms with Gasteiger partial charge in [-0.25, -0.2) is 4.79 Å². The first-order valence-corrected chi connectivity index (χ1v) is 5.40. The third-order valence-corrected chi connectivity index (χ3v) is 2.11. The number of carbonyl (C=O) groups is 2. The molecule has 0 radical (unpaired) electrons. The third-order valence-electron chi connectivity index (χ3n) is 2.11. The predicted molar refractivity (Wildman–Crippen MR) is 63.9 cm³/mol. The highest BCUT2D eigenvalue weighted by molar-refractivity contribution is 5.96. The van der Waals surface area contributed by atoms with E-state index in [0.29, 0.717) is 0 Å². The van der Waals surface area contributed by atoms with Crippen LogP contribution in [0.25, 0.3) is 0 Å². The van der Waals surface area contributed by atoms with E-state index in [9.17, 15) is 22.8 Å². The molecule has 0 aliphatic heterocycles. The Morgan fingerprint density at radius 1 is 1.25 bits per heavy atom. The first kappa shape index (κ1) is 15.6. The molecule has 9 heteroatoms. The minimum absolute atomic E-state index is 0.252. The maximum absolute atomic E-state index is 11.9.